The fourth-order valence-corrected chi connectivity index (χ4v) is 4.63. The summed E-state index contributed by atoms with van der Waals surface area (Å²) in [6.07, 6.45) is 3.77. The lowest BCUT2D eigenvalue weighted by molar-refractivity contribution is 0.0941. The second kappa shape index (κ2) is 9.47. The first-order chi connectivity index (χ1) is 14.6. The summed E-state index contributed by atoms with van der Waals surface area (Å²) in [5.41, 5.74) is 1.10. The maximum Gasteiger partial charge on any atom is 0.291 e. The maximum atomic E-state index is 12.7. The van der Waals surface area contributed by atoms with E-state index in [1.54, 1.807) is 24.3 Å². The van der Waals surface area contributed by atoms with Gasteiger partial charge in [0.2, 0.25) is 0 Å². The van der Waals surface area contributed by atoms with Gasteiger partial charge in [-0.05, 0) is 67.9 Å². The molecule has 0 saturated carbocycles. The number of hydrogen-bond donors (Lipinski definition) is 2. The Morgan fingerprint density at radius 2 is 1.93 bits per heavy atom. The average Bonchev–Trinajstić information content (AvgIpc) is 3.50. The second-order valence-electron chi connectivity index (χ2n) is 7.12. The molecule has 0 spiro atoms. The van der Waals surface area contributed by atoms with Gasteiger partial charge in [0, 0.05) is 11.6 Å². The van der Waals surface area contributed by atoms with Crippen LogP contribution in [-0.4, -0.2) is 36.3 Å². The molecule has 1 atom stereocenters. The van der Waals surface area contributed by atoms with Crippen LogP contribution in [0.3, 0.4) is 0 Å². The van der Waals surface area contributed by atoms with Crippen LogP contribution in [-0.2, 0) is 0 Å². The highest BCUT2D eigenvalue weighted by Gasteiger charge is 2.24. The Labute approximate surface area is 183 Å². The van der Waals surface area contributed by atoms with E-state index in [4.69, 9.17) is 16.0 Å². The van der Waals surface area contributed by atoms with Gasteiger partial charge in [-0.2, -0.15) is 0 Å². The maximum absolute atomic E-state index is 12.7. The average molecular weight is 444 g/mol. The molecule has 2 amide bonds. The second-order valence-corrected chi connectivity index (χ2v) is 8.64. The summed E-state index contributed by atoms with van der Waals surface area (Å²) >= 11 is 7.42. The van der Waals surface area contributed by atoms with Gasteiger partial charge in [-0.1, -0.05) is 23.7 Å². The zero-order chi connectivity index (χ0) is 20.9. The molecule has 0 aliphatic carbocycles. The van der Waals surface area contributed by atoms with Gasteiger partial charge in [-0.3, -0.25) is 14.5 Å². The highest BCUT2D eigenvalue weighted by Crippen LogP contribution is 2.27. The topological polar surface area (TPSA) is 74.6 Å². The van der Waals surface area contributed by atoms with Crippen LogP contribution < -0.4 is 10.6 Å². The molecule has 1 aromatic carbocycles. The minimum atomic E-state index is -0.344. The Bertz CT molecular complexity index is 1010. The van der Waals surface area contributed by atoms with E-state index in [9.17, 15) is 9.59 Å². The number of amides is 2. The number of thiophene rings is 1. The van der Waals surface area contributed by atoms with Crippen molar-refractivity contribution in [2.75, 3.05) is 25.0 Å². The third-order valence-corrected chi connectivity index (χ3v) is 6.32. The smallest absolute Gasteiger partial charge is 0.291 e. The van der Waals surface area contributed by atoms with Crippen molar-refractivity contribution in [3.63, 3.8) is 0 Å². The van der Waals surface area contributed by atoms with Gasteiger partial charge in [-0.25, -0.2) is 0 Å². The van der Waals surface area contributed by atoms with E-state index < -0.39 is 0 Å². The van der Waals surface area contributed by atoms with Gasteiger partial charge in [0.05, 0.1) is 22.2 Å². The molecule has 1 fully saturated rings. The van der Waals surface area contributed by atoms with Crippen molar-refractivity contribution in [3.05, 3.63) is 76.0 Å². The first-order valence-electron chi connectivity index (χ1n) is 9.82. The first kappa shape index (κ1) is 20.7. The van der Waals surface area contributed by atoms with E-state index in [2.05, 4.69) is 21.6 Å². The third kappa shape index (κ3) is 4.92. The van der Waals surface area contributed by atoms with Crippen molar-refractivity contribution in [3.8, 4) is 0 Å². The van der Waals surface area contributed by atoms with E-state index in [0.29, 0.717) is 21.4 Å². The summed E-state index contributed by atoms with van der Waals surface area (Å²) in [6, 6.07) is 14.6. The van der Waals surface area contributed by atoms with Crippen LogP contribution in [0, 0.1) is 0 Å². The van der Waals surface area contributed by atoms with Crippen molar-refractivity contribution < 1.29 is 14.0 Å². The molecule has 8 heteroatoms. The summed E-state index contributed by atoms with van der Waals surface area (Å²) < 4.78 is 5.09. The fourth-order valence-electron chi connectivity index (χ4n) is 3.61. The normalized spacial score (nSPS) is 15.1. The van der Waals surface area contributed by atoms with Gasteiger partial charge >= 0.3 is 0 Å². The summed E-state index contributed by atoms with van der Waals surface area (Å²) in [4.78, 5) is 27.7. The zero-order valence-corrected chi connectivity index (χ0v) is 17.8. The number of halogens is 1. The van der Waals surface area contributed by atoms with Crippen molar-refractivity contribution in [2.24, 2.45) is 0 Å². The Morgan fingerprint density at radius 3 is 2.67 bits per heavy atom. The molecule has 1 aliphatic heterocycles. The molecular formula is C22H22ClN3O3S. The lowest BCUT2D eigenvalue weighted by Gasteiger charge is -2.28. The van der Waals surface area contributed by atoms with E-state index in [0.717, 1.165) is 31.5 Å². The largest absolute Gasteiger partial charge is 0.459 e. The van der Waals surface area contributed by atoms with Crippen LogP contribution in [0.15, 0.2) is 59.2 Å². The van der Waals surface area contributed by atoms with Gasteiger partial charge in [0.1, 0.15) is 0 Å². The summed E-state index contributed by atoms with van der Waals surface area (Å²) in [5, 5.41) is 7.07. The molecule has 4 rings (SSSR count). The summed E-state index contributed by atoms with van der Waals surface area (Å²) in [5.74, 6) is -0.280. The Morgan fingerprint density at radius 1 is 1.10 bits per heavy atom. The lowest BCUT2D eigenvalue weighted by Crippen LogP contribution is -2.36. The standard InChI is InChI=1S/C22H22ClN3O3S/c23-16-6-3-5-15(13-16)17(26-10-1-2-11-26)14-24-22(28)19-8-9-20(30-19)25-21(27)18-7-4-12-29-18/h3-9,12-13,17H,1-2,10-11,14H2,(H,24,28)(H,25,27). The van der Waals surface area contributed by atoms with Crippen molar-refractivity contribution in [1.82, 2.24) is 10.2 Å². The number of carbonyl (C=O) groups excluding carboxylic acids is 2. The van der Waals surface area contributed by atoms with E-state index >= 15 is 0 Å². The van der Waals surface area contributed by atoms with Crippen LogP contribution in [0.2, 0.25) is 5.02 Å². The van der Waals surface area contributed by atoms with Crippen molar-refractivity contribution in [2.45, 2.75) is 18.9 Å². The van der Waals surface area contributed by atoms with Crippen LogP contribution >= 0.6 is 22.9 Å². The molecule has 0 radical (unpaired) electrons. The summed E-state index contributed by atoms with van der Waals surface area (Å²) in [7, 11) is 0. The number of rotatable bonds is 7. The van der Waals surface area contributed by atoms with E-state index in [1.807, 2.05) is 18.2 Å². The SMILES string of the molecule is O=C(Nc1ccc(C(=O)NCC(c2cccc(Cl)c2)N2CCCC2)s1)c1ccco1. The molecule has 2 N–H and O–H groups in total. The molecule has 1 unspecified atom stereocenters. The van der Waals surface area contributed by atoms with Gasteiger partial charge in [-0.15, -0.1) is 11.3 Å². The predicted molar refractivity (Wildman–Crippen MR) is 118 cm³/mol. The minimum Gasteiger partial charge on any atom is -0.459 e. The number of benzene rings is 1. The van der Waals surface area contributed by atoms with Crippen molar-refractivity contribution >= 4 is 39.8 Å². The number of carbonyl (C=O) groups is 2. The number of hydrogen-bond acceptors (Lipinski definition) is 5. The number of nitrogens with zero attached hydrogens (tertiary/aromatic N) is 1. The predicted octanol–water partition coefficient (Wildman–Crippen LogP) is 4.81. The molecule has 3 aromatic rings. The molecule has 3 heterocycles. The minimum absolute atomic E-state index is 0.0771. The van der Waals surface area contributed by atoms with Gasteiger partial charge in [0.15, 0.2) is 5.76 Å². The first-order valence-corrected chi connectivity index (χ1v) is 11.0. The Kier molecular flexibility index (Phi) is 6.52. The highest BCUT2D eigenvalue weighted by atomic mass is 35.5. The van der Waals surface area contributed by atoms with Crippen LogP contribution in [0.5, 0.6) is 0 Å². The number of furan rings is 1. The highest BCUT2D eigenvalue weighted by molar-refractivity contribution is 7.18. The fraction of sp³-hybridized carbons (Fsp3) is 0.273. The molecule has 6 nitrogen and oxygen atoms in total. The van der Waals surface area contributed by atoms with Gasteiger partial charge in [0.25, 0.3) is 11.8 Å². The third-order valence-electron chi connectivity index (χ3n) is 5.08. The van der Waals surface area contributed by atoms with Crippen LogP contribution in [0.4, 0.5) is 5.00 Å². The van der Waals surface area contributed by atoms with Crippen LogP contribution in [0.1, 0.15) is 44.7 Å². The number of anilines is 1. The molecule has 0 bridgehead atoms. The van der Waals surface area contributed by atoms with E-state index in [-0.39, 0.29) is 23.6 Å². The van der Waals surface area contributed by atoms with Gasteiger partial charge < -0.3 is 15.1 Å². The lowest BCUT2D eigenvalue weighted by atomic mass is 10.1. The molecule has 30 heavy (non-hydrogen) atoms. The number of nitrogens with one attached hydrogen (secondary N) is 2. The van der Waals surface area contributed by atoms with Crippen molar-refractivity contribution in [1.29, 1.82) is 0 Å². The monoisotopic (exact) mass is 443 g/mol. The molecular weight excluding hydrogens is 422 g/mol. The molecule has 1 aliphatic rings. The number of likely N-dealkylation sites (tertiary alicyclic amines) is 1. The zero-order valence-electron chi connectivity index (χ0n) is 16.3. The quantitative estimate of drug-likeness (QED) is 0.549. The van der Waals surface area contributed by atoms with Crippen LogP contribution in [0.25, 0.3) is 0 Å². The molecule has 156 valence electrons. The Balaban J connectivity index is 1.40. The Hall–Kier alpha value is -2.61. The van der Waals surface area contributed by atoms with E-state index in [1.165, 1.54) is 17.6 Å². The molecule has 1 saturated heterocycles. The summed E-state index contributed by atoms with van der Waals surface area (Å²) in [6.45, 7) is 2.51. The molecule has 2 aromatic heterocycles.